The molecular weight excluding hydrogens is 106 g/mol. The molecule has 0 saturated carbocycles. The summed E-state index contributed by atoms with van der Waals surface area (Å²) in [6.07, 6.45) is -0.757. The Morgan fingerprint density at radius 1 is 1.75 bits per heavy atom. The molecule has 3 heteroatoms. The van der Waals surface area contributed by atoms with Crippen molar-refractivity contribution in [2.45, 2.75) is 25.6 Å². The van der Waals surface area contributed by atoms with Crippen molar-refractivity contribution in [3.05, 3.63) is 0 Å². The summed E-state index contributed by atoms with van der Waals surface area (Å²) >= 11 is 0. The van der Waals surface area contributed by atoms with Crippen LogP contribution in [0.15, 0.2) is 0 Å². The Labute approximate surface area is 49.1 Å². The fraction of sp³-hybridized carbons (Fsp3) is 1.00. The first-order valence-corrected chi connectivity index (χ1v) is 2.61. The molecule has 0 aromatic heterocycles. The summed E-state index contributed by atoms with van der Waals surface area (Å²) in [6.45, 7) is 3.09. The van der Waals surface area contributed by atoms with E-state index in [4.69, 9.17) is 15.9 Å². The van der Waals surface area contributed by atoms with Gasteiger partial charge >= 0.3 is 0 Å². The van der Waals surface area contributed by atoms with Gasteiger partial charge in [-0.05, 0) is 13.8 Å². The van der Waals surface area contributed by atoms with Crippen molar-refractivity contribution in [3.8, 4) is 0 Å². The number of aliphatic hydroxyl groups excluding tert-OH is 1. The van der Waals surface area contributed by atoms with Gasteiger partial charge in [-0.15, -0.1) is 0 Å². The first-order valence-electron chi connectivity index (χ1n) is 2.61. The van der Waals surface area contributed by atoms with Gasteiger partial charge in [-0.2, -0.15) is 0 Å². The molecule has 0 rings (SSSR count). The third-order valence-corrected chi connectivity index (χ3v) is 1.31. The van der Waals surface area contributed by atoms with Gasteiger partial charge in [0.1, 0.15) is 0 Å². The highest BCUT2D eigenvalue weighted by Gasteiger charge is 2.23. The van der Waals surface area contributed by atoms with Crippen LogP contribution in [0.2, 0.25) is 0 Å². The van der Waals surface area contributed by atoms with Crippen LogP contribution in [0.25, 0.3) is 0 Å². The lowest BCUT2D eigenvalue weighted by Gasteiger charge is -2.23. The SMILES string of the molecule is C[C@@H](O)[C@@](C)(O)CN. The lowest BCUT2D eigenvalue weighted by atomic mass is 10.0. The van der Waals surface area contributed by atoms with E-state index in [1.54, 1.807) is 0 Å². The van der Waals surface area contributed by atoms with Gasteiger partial charge in [0, 0.05) is 6.54 Å². The van der Waals surface area contributed by atoms with Crippen LogP contribution >= 0.6 is 0 Å². The van der Waals surface area contributed by atoms with E-state index in [0.717, 1.165) is 0 Å². The van der Waals surface area contributed by atoms with E-state index in [1.165, 1.54) is 13.8 Å². The van der Waals surface area contributed by atoms with Crippen molar-refractivity contribution in [1.82, 2.24) is 0 Å². The zero-order valence-corrected chi connectivity index (χ0v) is 5.26. The summed E-state index contributed by atoms with van der Waals surface area (Å²) in [5, 5.41) is 17.8. The molecule has 0 aromatic carbocycles. The van der Waals surface area contributed by atoms with Crippen molar-refractivity contribution >= 4 is 0 Å². The number of nitrogens with two attached hydrogens (primary N) is 1. The molecule has 0 aliphatic rings. The van der Waals surface area contributed by atoms with E-state index in [1.807, 2.05) is 0 Å². The fourth-order valence-electron chi connectivity index (χ4n) is 0.171. The molecule has 0 aliphatic heterocycles. The summed E-state index contributed by atoms with van der Waals surface area (Å²) in [7, 11) is 0. The second-order valence-electron chi connectivity index (χ2n) is 2.24. The van der Waals surface area contributed by atoms with Gasteiger partial charge in [0.25, 0.3) is 0 Å². The van der Waals surface area contributed by atoms with Gasteiger partial charge in [0.15, 0.2) is 0 Å². The maximum atomic E-state index is 9.03. The van der Waals surface area contributed by atoms with E-state index in [2.05, 4.69) is 0 Å². The molecule has 0 spiro atoms. The van der Waals surface area contributed by atoms with Gasteiger partial charge < -0.3 is 15.9 Å². The van der Waals surface area contributed by atoms with Gasteiger partial charge in [-0.3, -0.25) is 0 Å². The molecule has 0 unspecified atom stereocenters. The average molecular weight is 119 g/mol. The first-order chi connectivity index (χ1) is 3.50. The summed E-state index contributed by atoms with van der Waals surface area (Å²) in [5.41, 5.74) is 3.97. The molecule has 0 heterocycles. The molecule has 0 radical (unpaired) electrons. The van der Waals surface area contributed by atoms with Crippen molar-refractivity contribution in [2.75, 3.05) is 6.54 Å². The van der Waals surface area contributed by atoms with Crippen molar-refractivity contribution in [1.29, 1.82) is 0 Å². The molecule has 2 atom stereocenters. The number of hydrogen-bond acceptors (Lipinski definition) is 3. The molecule has 0 saturated heterocycles. The minimum Gasteiger partial charge on any atom is -0.390 e. The molecule has 8 heavy (non-hydrogen) atoms. The molecule has 0 aromatic rings. The zero-order chi connectivity index (χ0) is 6.78. The highest BCUT2D eigenvalue weighted by molar-refractivity contribution is 4.78. The highest BCUT2D eigenvalue weighted by atomic mass is 16.3. The second-order valence-corrected chi connectivity index (χ2v) is 2.24. The molecule has 50 valence electrons. The Balaban J connectivity index is 3.71. The summed E-state index contributed by atoms with van der Waals surface area (Å²) in [5.74, 6) is 0. The van der Waals surface area contributed by atoms with E-state index in [9.17, 15) is 0 Å². The van der Waals surface area contributed by atoms with Crippen molar-refractivity contribution < 1.29 is 10.2 Å². The van der Waals surface area contributed by atoms with Gasteiger partial charge in [-0.25, -0.2) is 0 Å². The Hall–Kier alpha value is -0.120. The number of hydrogen-bond donors (Lipinski definition) is 3. The van der Waals surface area contributed by atoms with E-state index in [0.29, 0.717) is 0 Å². The standard InChI is InChI=1S/C5H13NO2/c1-4(7)5(2,8)3-6/h4,7-8H,3,6H2,1-2H3/t4-,5+/m1/s1. The van der Waals surface area contributed by atoms with Crippen LogP contribution in [0.4, 0.5) is 0 Å². The Morgan fingerprint density at radius 2 is 2.12 bits per heavy atom. The molecule has 4 N–H and O–H groups in total. The smallest absolute Gasteiger partial charge is 0.0996 e. The molecule has 0 fully saturated rings. The highest BCUT2D eigenvalue weighted by Crippen LogP contribution is 2.05. The average Bonchev–Trinajstić information content (AvgIpc) is 1.67. The number of aliphatic hydroxyl groups is 2. The van der Waals surface area contributed by atoms with Crippen LogP contribution in [0, 0.1) is 0 Å². The second kappa shape index (κ2) is 2.44. The van der Waals surface area contributed by atoms with Gasteiger partial charge in [-0.1, -0.05) is 0 Å². The van der Waals surface area contributed by atoms with Crippen LogP contribution in [0.1, 0.15) is 13.8 Å². The minimum atomic E-state index is -1.12. The van der Waals surface area contributed by atoms with E-state index in [-0.39, 0.29) is 6.54 Å². The molecule has 0 bridgehead atoms. The van der Waals surface area contributed by atoms with E-state index >= 15 is 0 Å². The largest absolute Gasteiger partial charge is 0.390 e. The lowest BCUT2D eigenvalue weighted by molar-refractivity contribution is -0.0446. The Bertz CT molecular complexity index is 70.8. The van der Waals surface area contributed by atoms with Crippen molar-refractivity contribution in [3.63, 3.8) is 0 Å². The summed E-state index contributed by atoms with van der Waals surface area (Å²) in [4.78, 5) is 0. The zero-order valence-electron chi connectivity index (χ0n) is 5.26. The Kier molecular flexibility index (Phi) is 2.40. The minimum absolute atomic E-state index is 0.0880. The van der Waals surface area contributed by atoms with Crippen LogP contribution in [-0.4, -0.2) is 28.5 Å². The molecule has 0 aliphatic carbocycles. The molecular formula is C5H13NO2. The topological polar surface area (TPSA) is 66.5 Å². The summed E-state index contributed by atoms with van der Waals surface area (Å²) in [6, 6.07) is 0. The van der Waals surface area contributed by atoms with Crippen LogP contribution < -0.4 is 5.73 Å². The fourth-order valence-corrected chi connectivity index (χ4v) is 0.171. The maximum absolute atomic E-state index is 9.03. The van der Waals surface area contributed by atoms with Crippen LogP contribution in [0.3, 0.4) is 0 Å². The maximum Gasteiger partial charge on any atom is 0.0996 e. The van der Waals surface area contributed by atoms with Crippen LogP contribution in [0.5, 0.6) is 0 Å². The predicted octanol–water partition coefficient (Wildman–Crippen LogP) is -0.923. The number of rotatable bonds is 2. The van der Waals surface area contributed by atoms with Crippen LogP contribution in [-0.2, 0) is 0 Å². The third kappa shape index (κ3) is 1.78. The lowest BCUT2D eigenvalue weighted by Crippen LogP contribution is -2.44. The monoisotopic (exact) mass is 119 g/mol. The first kappa shape index (κ1) is 7.88. The van der Waals surface area contributed by atoms with E-state index < -0.39 is 11.7 Å². The normalized spacial score (nSPS) is 22.1. The van der Waals surface area contributed by atoms with Crippen molar-refractivity contribution in [2.24, 2.45) is 5.73 Å². The summed E-state index contributed by atoms with van der Waals surface area (Å²) < 4.78 is 0. The predicted molar refractivity (Wildman–Crippen MR) is 31.4 cm³/mol. The third-order valence-electron chi connectivity index (χ3n) is 1.31. The van der Waals surface area contributed by atoms with Gasteiger partial charge in [0.2, 0.25) is 0 Å². The Morgan fingerprint density at radius 3 is 2.12 bits per heavy atom. The molecule has 3 nitrogen and oxygen atoms in total. The molecule has 0 amide bonds. The quantitative estimate of drug-likeness (QED) is 0.440. The van der Waals surface area contributed by atoms with Gasteiger partial charge in [0.05, 0.1) is 11.7 Å².